The Hall–Kier alpha value is -3.26. The Morgan fingerprint density at radius 3 is 2.39 bits per heavy atom. The Morgan fingerprint density at radius 2 is 1.82 bits per heavy atom. The summed E-state index contributed by atoms with van der Waals surface area (Å²) >= 11 is 0. The average molecular weight is 376 g/mol. The number of ether oxygens (including phenoxy) is 2. The smallest absolute Gasteiger partial charge is 0.428 e. The molecule has 28 heavy (non-hydrogen) atoms. The number of hydrogen-bond donors (Lipinski definition) is 0. The number of carbonyl (C=O) groups excluding carboxylic acids is 1. The molecule has 0 saturated carbocycles. The zero-order chi connectivity index (χ0) is 20.5. The van der Waals surface area contributed by atoms with E-state index in [1.165, 1.54) is 0 Å². The van der Waals surface area contributed by atoms with Gasteiger partial charge in [0.1, 0.15) is 17.4 Å². The third-order valence-corrected chi connectivity index (χ3v) is 4.37. The lowest BCUT2D eigenvalue weighted by Gasteiger charge is -2.18. The number of benzene rings is 2. The van der Waals surface area contributed by atoms with Gasteiger partial charge in [0.25, 0.3) is 0 Å². The summed E-state index contributed by atoms with van der Waals surface area (Å²) in [7, 11) is 0. The molecule has 2 aromatic carbocycles. The van der Waals surface area contributed by atoms with Crippen molar-refractivity contribution in [2.24, 2.45) is 0 Å². The number of hydrogen-bond acceptors (Lipinski definition) is 4. The SMILES string of the molecule is CCn1c(-c2ccc(OC(=O)OC(C)(C)C)cc2)c(C#N)c2ccc(C)cc21. The second-order valence-corrected chi connectivity index (χ2v) is 7.69. The van der Waals surface area contributed by atoms with Crippen LogP contribution in [0.25, 0.3) is 22.2 Å². The van der Waals surface area contributed by atoms with E-state index in [4.69, 9.17) is 9.47 Å². The molecule has 0 aliphatic carbocycles. The standard InChI is InChI=1S/C23H24N2O3/c1-6-25-20-13-15(2)7-12-18(20)19(14-24)21(25)16-8-10-17(11-9-16)27-22(26)28-23(3,4)5/h7-13H,6H2,1-5H3. The van der Waals surface area contributed by atoms with Crippen LogP contribution in [0.1, 0.15) is 38.8 Å². The maximum Gasteiger partial charge on any atom is 0.514 e. The Kier molecular flexibility index (Phi) is 5.15. The highest BCUT2D eigenvalue weighted by atomic mass is 16.7. The van der Waals surface area contributed by atoms with E-state index in [9.17, 15) is 10.1 Å². The molecule has 5 nitrogen and oxygen atoms in total. The highest BCUT2D eigenvalue weighted by Gasteiger charge is 2.20. The summed E-state index contributed by atoms with van der Waals surface area (Å²) in [6, 6.07) is 15.6. The van der Waals surface area contributed by atoms with Crippen LogP contribution >= 0.6 is 0 Å². The van der Waals surface area contributed by atoms with Gasteiger partial charge in [-0.3, -0.25) is 0 Å². The van der Waals surface area contributed by atoms with Gasteiger partial charge in [-0.2, -0.15) is 5.26 Å². The number of nitriles is 1. The predicted octanol–water partition coefficient (Wildman–Crippen LogP) is 5.82. The molecule has 0 radical (unpaired) electrons. The largest absolute Gasteiger partial charge is 0.514 e. The maximum atomic E-state index is 11.8. The first-order chi connectivity index (χ1) is 13.2. The number of nitrogens with zero attached hydrogens (tertiary/aromatic N) is 2. The van der Waals surface area contributed by atoms with Crippen LogP contribution in [0.2, 0.25) is 0 Å². The van der Waals surface area contributed by atoms with Crippen molar-refractivity contribution in [3.63, 3.8) is 0 Å². The molecule has 144 valence electrons. The molecule has 1 heterocycles. The van der Waals surface area contributed by atoms with E-state index in [2.05, 4.69) is 23.6 Å². The summed E-state index contributed by atoms with van der Waals surface area (Å²) in [6.45, 7) is 10.2. The molecule has 5 heteroatoms. The molecular weight excluding hydrogens is 352 g/mol. The van der Waals surface area contributed by atoms with Gasteiger partial charge in [-0.25, -0.2) is 4.79 Å². The Balaban J connectivity index is 1.99. The Labute approximate surface area is 165 Å². The van der Waals surface area contributed by atoms with Crippen molar-refractivity contribution in [1.29, 1.82) is 5.26 Å². The predicted molar refractivity (Wildman–Crippen MR) is 109 cm³/mol. The van der Waals surface area contributed by atoms with Crippen molar-refractivity contribution in [2.45, 2.75) is 46.8 Å². The van der Waals surface area contributed by atoms with Crippen LogP contribution in [-0.4, -0.2) is 16.3 Å². The monoisotopic (exact) mass is 376 g/mol. The number of aryl methyl sites for hydroxylation is 2. The second-order valence-electron chi connectivity index (χ2n) is 7.69. The summed E-state index contributed by atoms with van der Waals surface area (Å²) in [5.41, 5.74) is 4.00. The lowest BCUT2D eigenvalue weighted by Crippen LogP contribution is -2.25. The molecule has 0 atom stereocenters. The highest BCUT2D eigenvalue weighted by Crippen LogP contribution is 2.34. The van der Waals surface area contributed by atoms with Gasteiger partial charge < -0.3 is 14.0 Å². The van der Waals surface area contributed by atoms with Crippen LogP contribution in [0.5, 0.6) is 5.75 Å². The Morgan fingerprint density at radius 1 is 1.14 bits per heavy atom. The molecule has 0 saturated heterocycles. The summed E-state index contributed by atoms with van der Waals surface area (Å²) in [5, 5.41) is 10.7. The zero-order valence-electron chi connectivity index (χ0n) is 16.9. The molecule has 0 N–H and O–H groups in total. The van der Waals surface area contributed by atoms with Crippen LogP contribution in [0.4, 0.5) is 4.79 Å². The fraction of sp³-hybridized carbons (Fsp3) is 0.304. The van der Waals surface area contributed by atoms with Crippen molar-refractivity contribution in [3.05, 3.63) is 53.6 Å². The van der Waals surface area contributed by atoms with Crippen LogP contribution in [0.15, 0.2) is 42.5 Å². The summed E-state index contributed by atoms with van der Waals surface area (Å²) in [4.78, 5) is 11.8. The summed E-state index contributed by atoms with van der Waals surface area (Å²) < 4.78 is 12.6. The van der Waals surface area contributed by atoms with Gasteiger partial charge in [0.05, 0.1) is 16.8 Å². The van der Waals surface area contributed by atoms with Crippen molar-refractivity contribution in [1.82, 2.24) is 4.57 Å². The molecule has 0 aliphatic rings. The minimum Gasteiger partial charge on any atom is -0.428 e. The molecule has 3 aromatic rings. The lowest BCUT2D eigenvalue weighted by molar-refractivity contribution is 0.0206. The molecular formula is C23H24N2O3. The maximum absolute atomic E-state index is 11.8. The van der Waals surface area contributed by atoms with Crippen molar-refractivity contribution < 1.29 is 14.3 Å². The van der Waals surface area contributed by atoms with Gasteiger partial charge in [-0.15, -0.1) is 0 Å². The van der Waals surface area contributed by atoms with E-state index in [1.807, 2.05) is 31.2 Å². The Bertz CT molecular complexity index is 1060. The quantitative estimate of drug-likeness (QED) is 0.427. The second kappa shape index (κ2) is 7.40. The topological polar surface area (TPSA) is 64.2 Å². The van der Waals surface area contributed by atoms with Crippen LogP contribution < -0.4 is 4.74 Å². The van der Waals surface area contributed by atoms with Gasteiger partial charge in [-0.05, 0) is 76.1 Å². The van der Waals surface area contributed by atoms with Crippen molar-refractivity contribution in [3.8, 4) is 23.1 Å². The van der Waals surface area contributed by atoms with E-state index < -0.39 is 11.8 Å². The number of carbonyl (C=O) groups is 1. The van der Waals surface area contributed by atoms with E-state index in [0.717, 1.165) is 34.3 Å². The molecule has 0 spiro atoms. The van der Waals surface area contributed by atoms with E-state index in [-0.39, 0.29) is 0 Å². The average Bonchev–Trinajstić information content (AvgIpc) is 2.93. The number of aromatic nitrogens is 1. The molecule has 0 bridgehead atoms. The van der Waals surface area contributed by atoms with E-state index >= 15 is 0 Å². The molecule has 0 unspecified atom stereocenters. The lowest BCUT2D eigenvalue weighted by atomic mass is 10.1. The van der Waals surface area contributed by atoms with Crippen LogP contribution in [0, 0.1) is 18.3 Å². The first-order valence-corrected chi connectivity index (χ1v) is 9.27. The third-order valence-electron chi connectivity index (χ3n) is 4.37. The minimum atomic E-state index is -0.740. The van der Waals surface area contributed by atoms with Gasteiger partial charge in [0, 0.05) is 11.9 Å². The normalized spacial score (nSPS) is 11.3. The minimum absolute atomic E-state index is 0.395. The molecule has 0 fully saturated rings. The van der Waals surface area contributed by atoms with Gasteiger partial charge in [0.2, 0.25) is 0 Å². The summed E-state index contributed by atoms with van der Waals surface area (Å²) in [6.07, 6.45) is -0.740. The number of rotatable bonds is 3. The van der Waals surface area contributed by atoms with E-state index in [1.54, 1.807) is 32.9 Å². The molecule has 0 aliphatic heterocycles. The number of fused-ring (bicyclic) bond motifs is 1. The van der Waals surface area contributed by atoms with Crippen LogP contribution in [0.3, 0.4) is 0 Å². The fourth-order valence-corrected chi connectivity index (χ4v) is 3.25. The van der Waals surface area contributed by atoms with Gasteiger partial charge in [-0.1, -0.05) is 12.1 Å². The first kappa shape index (κ1) is 19.5. The molecule has 0 amide bonds. The highest BCUT2D eigenvalue weighted by molar-refractivity contribution is 5.95. The van der Waals surface area contributed by atoms with Gasteiger partial charge >= 0.3 is 6.16 Å². The molecule has 3 rings (SSSR count). The third kappa shape index (κ3) is 3.86. The van der Waals surface area contributed by atoms with E-state index in [0.29, 0.717) is 11.3 Å². The molecule has 1 aromatic heterocycles. The van der Waals surface area contributed by atoms with Crippen molar-refractivity contribution in [2.75, 3.05) is 0 Å². The van der Waals surface area contributed by atoms with Crippen molar-refractivity contribution >= 4 is 17.1 Å². The fourth-order valence-electron chi connectivity index (χ4n) is 3.25. The summed E-state index contributed by atoms with van der Waals surface area (Å²) in [5.74, 6) is 0.395. The van der Waals surface area contributed by atoms with Crippen LogP contribution in [-0.2, 0) is 11.3 Å². The van der Waals surface area contributed by atoms with Gasteiger partial charge in [0.15, 0.2) is 0 Å². The first-order valence-electron chi connectivity index (χ1n) is 9.27. The zero-order valence-corrected chi connectivity index (χ0v) is 16.9.